The van der Waals surface area contributed by atoms with Crippen LogP contribution in [0.25, 0.3) is 0 Å². The van der Waals surface area contributed by atoms with Crippen LogP contribution in [0.3, 0.4) is 0 Å². The first-order valence-corrected chi connectivity index (χ1v) is 40.7. The summed E-state index contributed by atoms with van der Waals surface area (Å²) in [4.78, 5) is 88.4. The molecule has 606 valence electrons. The quantitative estimate of drug-likeness (QED) is 0.114. The summed E-state index contributed by atoms with van der Waals surface area (Å²) in [5, 5.41) is 0. The summed E-state index contributed by atoms with van der Waals surface area (Å²) >= 11 is 0. The Kier molecular flexibility index (Phi) is 58.4. The number of carbonyl (C=O) groups is 8. The van der Waals surface area contributed by atoms with Crippen LogP contribution in [0.15, 0.2) is 121 Å². The van der Waals surface area contributed by atoms with Crippen LogP contribution in [0.1, 0.15) is 339 Å². The number of hydrogen-bond acceptors (Lipinski definition) is 13. The molecule has 3 atom stereocenters. The minimum atomic E-state index is -0.595. The van der Waals surface area contributed by atoms with E-state index in [1.165, 1.54) is 76.2 Å². The minimum absolute atomic E-state index is 0. The van der Waals surface area contributed by atoms with E-state index < -0.39 is 5.41 Å². The number of ketones is 3. The van der Waals surface area contributed by atoms with Crippen molar-refractivity contribution in [1.29, 1.82) is 0 Å². The SMILES string of the molecule is C.C.CC.CC.CC.CC.CC.CC.CC.CC.CC.CC1(C)CCC1=O.CC1(CCc2ccccc2)COC1=O.CC1(c2ccccc2)COC1=O.CCC1(C)COC1=O.CCC1(CC)COC1=O.O=C1CCC12CCCC2.O=C1CCC12CCCCC2.O=C1OCC1(c1ccccc1)c1ccccc1. The van der Waals surface area contributed by atoms with Crippen molar-refractivity contribution in [3.63, 3.8) is 0 Å². The summed E-state index contributed by atoms with van der Waals surface area (Å²) < 4.78 is 23.9. The summed E-state index contributed by atoms with van der Waals surface area (Å²) in [6.45, 7) is 54.6. The van der Waals surface area contributed by atoms with E-state index in [0.29, 0.717) is 50.4 Å². The van der Waals surface area contributed by atoms with Gasteiger partial charge in [0.05, 0.1) is 10.8 Å². The topological polar surface area (TPSA) is 183 Å². The number of esters is 5. The summed E-state index contributed by atoms with van der Waals surface area (Å²) in [6.07, 6.45) is 22.0. The van der Waals surface area contributed by atoms with Crippen LogP contribution in [-0.2, 0) is 79.3 Å². The molecule has 5 aliphatic heterocycles. The van der Waals surface area contributed by atoms with Crippen LogP contribution in [0.5, 0.6) is 0 Å². The molecule has 5 heterocycles. The fourth-order valence-electron chi connectivity index (χ4n) is 12.2. The molecule has 0 amide bonds. The molecule has 5 aliphatic carbocycles. The van der Waals surface area contributed by atoms with Gasteiger partial charge in [0.2, 0.25) is 0 Å². The smallest absolute Gasteiger partial charge is 0.324 e. The fourth-order valence-corrected chi connectivity index (χ4v) is 12.2. The number of aryl methyl sites for hydroxylation is 1. The van der Waals surface area contributed by atoms with Crippen LogP contribution in [0.2, 0.25) is 0 Å². The van der Waals surface area contributed by atoms with Crippen molar-refractivity contribution in [2.45, 2.75) is 334 Å². The molecule has 0 N–H and O–H groups in total. The van der Waals surface area contributed by atoms with E-state index in [4.69, 9.17) is 14.2 Å². The third kappa shape index (κ3) is 30.0. The Balaban J connectivity index is -0.000000358. The lowest BCUT2D eigenvalue weighted by atomic mass is 9.60. The number of benzene rings is 4. The third-order valence-corrected chi connectivity index (χ3v) is 20.5. The Hall–Kier alpha value is -6.76. The van der Waals surface area contributed by atoms with E-state index in [1.54, 1.807) is 0 Å². The van der Waals surface area contributed by atoms with Gasteiger partial charge >= 0.3 is 29.8 Å². The van der Waals surface area contributed by atoms with Crippen molar-refractivity contribution in [2.75, 3.05) is 33.0 Å². The van der Waals surface area contributed by atoms with Crippen molar-refractivity contribution < 1.29 is 62.0 Å². The predicted octanol–water partition coefficient (Wildman–Crippen LogP) is 24.6. The zero-order chi connectivity index (χ0) is 80.3. The highest BCUT2D eigenvalue weighted by Crippen LogP contribution is 2.51. The van der Waals surface area contributed by atoms with Gasteiger partial charge in [0, 0.05) is 35.5 Å². The molecule has 4 aromatic rings. The number of ether oxygens (including phenoxy) is 5. The highest BCUT2D eigenvalue weighted by molar-refractivity contribution is 5.93. The van der Waals surface area contributed by atoms with Crippen LogP contribution in [-0.4, -0.2) is 80.2 Å². The molecular formula is C93H156O13. The van der Waals surface area contributed by atoms with E-state index >= 15 is 0 Å². The van der Waals surface area contributed by atoms with Gasteiger partial charge in [-0.25, -0.2) is 0 Å². The molecule has 5 saturated heterocycles. The van der Waals surface area contributed by atoms with Crippen molar-refractivity contribution in [1.82, 2.24) is 0 Å². The molecule has 5 saturated carbocycles. The van der Waals surface area contributed by atoms with Crippen LogP contribution in [0, 0.1) is 32.5 Å². The van der Waals surface area contributed by atoms with Crippen molar-refractivity contribution in [2.24, 2.45) is 32.5 Å². The minimum Gasteiger partial charge on any atom is -0.464 e. The van der Waals surface area contributed by atoms with Crippen molar-refractivity contribution in [3.05, 3.63) is 144 Å². The predicted molar refractivity (Wildman–Crippen MR) is 445 cm³/mol. The van der Waals surface area contributed by atoms with Crippen molar-refractivity contribution in [3.8, 4) is 0 Å². The van der Waals surface area contributed by atoms with E-state index in [2.05, 4.69) is 21.6 Å². The van der Waals surface area contributed by atoms with E-state index in [1.807, 2.05) is 289 Å². The molecule has 10 fully saturated rings. The van der Waals surface area contributed by atoms with Gasteiger partial charge in [-0.15, -0.1) is 0 Å². The number of Topliss-reactive ketones (excluding diaryl/α,β-unsaturated/α-hetero) is 3. The second-order valence-corrected chi connectivity index (χ2v) is 26.6. The maximum Gasteiger partial charge on any atom is 0.324 e. The van der Waals surface area contributed by atoms with Crippen LogP contribution in [0.4, 0.5) is 0 Å². The van der Waals surface area contributed by atoms with Gasteiger partial charge < -0.3 is 23.7 Å². The molecule has 0 aromatic heterocycles. The second-order valence-electron chi connectivity index (χ2n) is 26.6. The van der Waals surface area contributed by atoms with Gasteiger partial charge in [-0.2, -0.15) is 0 Å². The fraction of sp³-hybridized carbons (Fsp3) is 0.656. The molecule has 3 unspecified atom stereocenters. The molecule has 2 spiro atoms. The highest BCUT2D eigenvalue weighted by atomic mass is 16.6. The van der Waals surface area contributed by atoms with Gasteiger partial charge in [0.15, 0.2) is 5.41 Å². The normalized spacial score (nSPS) is 21.6. The molecule has 13 heteroatoms. The van der Waals surface area contributed by atoms with E-state index in [-0.39, 0.29) is 82.6 Å². The molecule has 4 aromatic carbocycles. The van der Waals surface area contributed by atoms with Gasteiger partial charge in [-0.3, -0.25) is 38.4 Å². The van der Waals surface area contributed by atoms with Gasteiger partial charge in [0.1, 0.15) is 61.2 Å². The molecule has 106 heavy (non-hydrogen) atoms. The van der Waals surface area contributed by atoms with Crippen LogP contribution >= 0.6 is 0 Å². The lowest BCUT2D eigenvalue weighted by Crippen LogP contribution is -2.52. The largest absolute Gasteiger partial charge is 0.464 e. The van der Waals surface area contributed by atoms with Gasteiger partial charge in [-0.05, 0) is 120 Å². The van der Waals surface area contributed by atoms with Gasteiger partial charge in [-0.1, -0.05) is 328 Å². The first-order chi connectivity index (χ1) is 50.0. The Bertz CT molecular complexity index is 2890. The summed E-state index contributed by atoms with van der Waals surface area (Å²) in [5.74, 6) is 1.17. The maximum absolute atomic E-state index is 11.9. The van der Waals surface area contributed by atoms with Crippen molar-refractivity contribution >= 4 is 47.2 Å². The Morgan fingerprint density at radius 2 is 0.632 bits per heavy atom. The molecular weight excluding hydrogens is 1330 g/mol. The monoisotopic (exact) mass is 1480 g/mol. The third-order valence-electron chi connectivity index (χ3n) is 20.5. The number of rotatable bonds is 9. The standard InChI is InChI=1S/C15H12O2.C12H14O2.C10H10O2.C9H14O.C8H12O.C7H12O2.C6H10O2.C6H10O.9C2H6.2CH4/c16-14-15(11-17-14,12-7-3-1-4-8-12)13-9-5-2-6-10-13;1-12(9-14-11(12)13)8-7-10-5-3-2-4-6-10;1-10(7-12-9(10)11)8-5-3-2-4-6-8;10-8-4-7-9(8)5-2-1-3-6-9;9-7-3-6-8(7)4-1-2-5-8;1-3-7(4-2)5-9-6(7)8;1-3-6(2)4-8-5(6)7;1-6(2)4-3-5(6)7;9*1-2;;/h1-10H,11H2;2-6H,7-9H2,1H3;2-6H,7H2,1H3;1-7H2;1-6H2;3-5H2,1-2H3;3-4H2,1-2H3;3-4H2,1-2H3;9*1-2H3;2*1H4. The number of cyclic esters (lactones) is 5. The maximum atomic E-state index is 11.9. The first-order valence-electron chi connectivity index (χ1n) is 40.7. The summed E-state index contributed by atoms with van der Waals surface area (Å²) in [7, 11) is 0. The number of carbonyl (C=O) groups excluding carboxylic acids is 8. The molecule has 0 radical (unpaired) electrons. The van der Waals surface area contributed by atoms with E-state index in [0.717, 1.165) is 74.5 Å². The summed E-state index contributed by atoms with van der Waals surface area (Å²) in [5.41, 5.74) is 3.39. The summed E-state index contributed by atoms with van der Waals surface area (Å²) in [6, 6.07) is 39.6. The molecule has 0 bridgehead atoms. The Morgan fingerprint density at radius 3 is 0.802 bits per heavy atom. The Labute approximate surface area is 649 Å². The van der Waals surface area contributed by atoms with Crippen LogP contribution < -0.4 is 0 Å². The lowest BCUT2D eigenvalue weighted by Gasteiger charge is -2.42. The lowest BCUT2D eigenvalue weighted by molar-refractivity contribution is -0.186. The highest BCUT2D eigenvalue weighted by Gasteiger charge is 2.53. The average Bonchev–Trinajstić information content (AvgIpc) is 0.867. The molecule has 10 aliphatic rings. The zero-order valence-corrected chi connectivity index (χ0v) is 70.5. The van der Waals surface area contributed by atoms with E-state index in [9.17, 15) is 38.4 Å². The second kappa shape index (κ2) is 57.4. The molecule has 14 rings (SSSR count). The average molecular weight is 1480 g/mol. The first kappa shape index (κ1) is 108. The zero-order valence-electron chi connectivity index (χ0n) is 70.5. The molecule has 13 nitrogen and oxygen atoms in total. The Morgan fingerprint density at radius 1 is 0.311 bits per heavy atom. The number of hydrogen-bond donors (Lipinski definition) is 0. The van der Waals surface area contributed by atoms with Gasteiger partial charge in [0.25, 0.3) is 0 Å².